The summed E-state index contributed by atoms with van der Waals surface area (Å²) in [5.41, 5.74) is 3.11. The summed E-state index contributed by atoms with van der Waals surface area (Å²) in [6, 6.07) is 5.03. The Kier molecular flexibility index (Phi) is 6.68. The van der Waals surface area contributed by atoms with E-state index in [1.165, 1.54) is 24.6 Å². The van der Waals surface area contributed by atoms with Gasteiger partial charge in [0, 0.05) is 19.0 Å². The van der Waals surface area contributed by atoms with E-state index in [4.69, 9.17) is 4.74 Å². The maximum Gasteiger partial charge on any atom is 0.321 e. The predicted molar refractivity (Wildman–Crippen MR) is 90.2 cm³/mol. The molecule has 134 valence electrons. The molecule has 2 rings (SSSR count). The molecule has 0 heterocycles. The Morgan fingerprint density at radius 3 is 2.48 bits per heavy atom. The SMILES string of the molecule is CNC(=O)NC(=O)COC(=O)CCC(=O)c1ccc2c(c1)CCCC2. The van der Waals surface area contributed by atoms with Crippen LogP contribution in [0.3, 0.4) is 0 Å². The summed E-state index contributed by atoms with van der Waals surface area (Å²) in [7, 11) is 1.36. The van der Waals surface area contributed by atoms with Crippen LogP contribution < -0.4 is 10.6 Å². The van der Waals surface area contributed by atoms with Gasteiger partial charge in [-0.15, -0.1) is 0 Å². The fourth-order valence-electron chi connectivity index (χ4n) is 2.71. The number of nitrogens with one attached hydrogen (secondary N) is 2. The first kappa shape index (κ1) is 18.6. The van der Waals surface area contributed by atoms with Crippen LogP contribution in [0.5, 0.6) is 0 Å². The first-order chi connectivity index (χ1) is 12.0. The first-order valence-electron chi connectivity index (χ1n) is 8.32. The quantitative estimate of drug-likeness (QED) is 0.601. The molecule has 0 atom stereocenters. The smallest absolute Gasteiger partial charge is 0.321 e. The summed E-state index contributed by atoms with van der Waals surface area (Å²) in [5, 5.41) is 4.18. The lowest BCUT2D eigenvalue weighted by molar-refractivity contribution is -0.148. The molecule has 2 N–H and O–H groups in total. The van der Waals surface area contributed by atoms with Crippen LogP contribution in [0.15, 0.2) is 18.2 Å². The maximum atomic E-state index is 12.2. The second kappa shape index (κ2) is 8.96. The number of ketones is 1. The van der Waals surface area contributed by atoms with E-state index in [2.05, 4.69) is 5.32 Å². The van der Waals surface area contributed by atoms with E-state index >= 15 is 0 Å². The number of carbonyl (C=O) groups is 4. The van der Waals surface area contributed by atoms with Gasteiger partial charge in [-0.05, 0) is 42.9 Å². The van der Waals surface area contributed by atoms with Gasteiger partial charge in [0.05, 0.1) is 6.42 Å². The van der Waals surface area contributed by atoms with Crippen molar-refractivity contribution in [3.05, 3.63) is 34.9 Å². The lowest BCUT2D eigenvalue weighted by atomic mass is 9.89. The zero-order valence-corrected chi connectivity index (χ0v) is 14.2. The third-order valence-corrected chi connectivity index (χ3v) is 4.07. The van der Waals surface area contributed by atoms with E-state index in [-0.39, 0.29) is 18.6 Å². The van der Waals surface area contributed by atoms with Crippen LogP contribution in [-0.4, -0.2) is 37.3 Å². The van der Waals surface area contributed by atoms with Gasteiger partial charge in [-0.2, -0.15) is 0 Å². The number of benzene rings is 1. The van der Waals surface area contributed by atoms with Crippen LogP contribution in [0, 0.1) is 0 Å². The summed E-state index contributed by atoms with van der Waals surface area (Å²) >= 11 is 0. The highest BCUT2D eigenvalue weighted by Crippen LogP contribution is 2.22. The molecular weight excluding hydrogens is 324 g/mol. The minimum absolute atomic E-state index is 0.0225. The number of aryl methyl sites for hydroxylation is 2. The summed E-state index contributed by atoms with van der Waals surface area (Å²) in [4.78, 5) is 46.0. The lowest BCUT2D eigenvalue weighted by Crippen LogP contribution is -2.39. The van der Waals surface area contributed by atoms with Gasteiger partial charge in [-0.1, -0.05) is 12.1 Å². The van der Waals surface area contributed by atoms with Crippen molar-refractivity contribution in [2.75, 3.05) is 13.7 Å². The van der Waals surface area contributed by atoms with E-state index in [0.29, 0.717) is 5.56 Å². The maximum absolute atomic E-state index is 12.2. The third-order valence-electron chi connectivity index (χ3n) is 4.07. The average molecular weight is 346 g/mol. The molecule has 0 fully saturated rings. The molecule has 0 aromatic heterocycles. The van der Waals surface area contributed by atoms with Gasteiger partial charge in [0.2, 0.25) is 0 Å². The highest BCUT2D eigenvalue weighted by atomic mass is 16.5. The van der Waals surface area contributed by atoms with Crippen LogP contribution in [-0.2, 0) is 27.2 Å². The molecular formula is C18H22N2O5. The molecule has 0 saturated carbocycles. The minimum Gasteiger partial charge on any atom is -0.456 e. The van der Waals surface area contributed by atoms with Crippen molar-refractivity contribution in [3.63, 3.8) is 0 Å². The third kappa shape index (κ3) is 5.70. The van der Waals surface area contributed by atoms with Gasteiger partial charge in [0.25, 0.3) is 5.91 Å². The fourth-order valence-corrected chi connectivity index (χ4v) is 2.71. The van der Waals surface area contributed by atoms with Crippen LogP contribution >= 0.6 is 0 Å². The topological polar surface area (TPSA) is 102 Å². The standard InChI is InChI=1S/C18H22N2O5/c1-19-18(24)20-16(22)11-25-17(23)9-8-15(21)14-7-6-12-4-2-3-5-13(12)10-14/h6-7,10H,2-5,8-9,11H2,1H3,(H2,19,20,22,24). The van der Waals surface area contributed by atoms with Crippen molar-refractivity contribution in [1.29, 1.82) is 0 Å². The van der Waals surface area contributed by atoms with Crippen LogP contribution in [0.4, 0.5) is 4.79 Å². The molecule has 0 bridgehead atoms. The second-order valence-electron chi connectivity index (χ2n) is 5.90. The van der Waals surface area contributed by atoms with Gasteiger partial charge < -0.3 is 10.1 Å². The molecule has 0 saturated heterocycles. The predicted octanol–water partition coefficient (Wildman–Crippen LogP) is 1.53. The van der Waals surface area contributed by atoms with Gasteiger partial charge in [-0.25, -0.2) is 4.79 Å². The van der Waals surface area contributed by atoms with Gasteiger partial charge in [0.15, 0.2) is 12.4 Å². The van der Waals surface area contributed by atoms with E-state index in [1.807, 2.05) is 17.4 Å². The number of imide groups is 1. The molecule has 1 aromatic carbocycles. The summed E-state index contributed by atoms with van der Waals surface area (Å²) < 4.78 is 4.74. The van der Waals surface area contributed by atoms with Gasteiger partial charge in [-0.3, -0.25) is 19.7 Å². The molecule has 0 unspecified atom stereocenters. The zero-order valence-electron chi connectivity index (χ0n) is 14.2. The number of esters is 1. The Morgan fingerprint density at radius 2 is 1.76 bits per heavy atom. The van der Waals surface area contributed by atoms with Crippen molar-refractivity contribution in [2.24, 2.45) is 0 Å². The Bertz CT molecular complexity index is 684. The fraction of sp³-hybridized carbons (Fsp3) is 0.444. The first-order valence-corrected chi connectivity index (χ1v) is 8.32. The zero-order chi connectivity index (χ0) is 18.2. The van der Waals surface area contributed by atoms with E-state index in [1.54, 1.807) is 6.07 Å². The number of carbonyl (C=O) groups excluding carboxylic acids is 4. The normalized spacial score (nSPS) is 12.7. The number of urea groups is 1. The number of ether oxygens (including phenoxy) is 1. The molecule has 7 nitrogen and oxygen atoms in total. The number of amides is 3. The highest BCUT2D eigenvalue weighted by molar-refractivity contribution is 5.98. The monoisotopic (exact) mass is 346 g/mol. The van der Waals surface area contributed by atoms with Crippen LogP contribution in [0.2, 0.25) is 0 Å². The molecule has 0 spiro atoms. The minimum atomic E-state index is -0.728. The average Bonchev–Trinajstić information content (AvgIpc) is 2.63. The lowest BCUT2D eigenvalue weighted by Gasteiger charge is -2.16. The molecule has 0 radical (unpaired) electrons. The second-order valence-corrected chi connectivity index (χ2v) is 5.90. The van der Waals surface area contributed by atoms with E-state index < -0.39 is 24.5 Å². The van der Waals surface area contributed by atoms with Crippen molar-refractivity contribution < 1.29 is 23.9 Å². The number of hydrogen-bond donors (Lipinski definition) is 2. The number of fused-ring (bicyclic) bond motifs is 1. The summed E-state index contributed by atoms with van der Waals surface area (Å²) in [5.74, 6) is -1.51. The summed E-state index contributed by atoms with van der Waals surface area (Å²) in [6.07, 6.45) is 4.26. The van der Waals surface area contributed by atoms with Crippen molar-refractivity contribution in [2.45, 2.75) is 38.5 Å². The van der Waals surface area contributed by atoms with E-state index in [9.17, 15) is 19.2 Å². The molecule has 25 heavy (non-hydrogen) atoms. The summed E-state index contributed by atoms with van der Waals surface area (Å²) in [6.45, 7) is -0.556. The van der Waals surface area contributed by atoms with Crippen LogP contribution in [0.1, 0.15) is 47.2 Å². The Morgan fingerprint density at radius 1 is 1.04 bits per heavy atom. The number of rotatable bonds is 6. The van der Waals surface area contributed by atoms with Gasteiger partial charge >= 0.3 is 12.0 Å². The Balaban J connectivity index is 1.76. The largest absolute Gasteiger partial charge is 0.456 e. The highest BCUT2D eigenvalue weighted by Gasteiger charge is 2.15. The Labute approximate surface area is 146 Å². The van der Waals surface area contributed by atoms with Crippen molar-refractivity contribution in [3.8, 4) is 0 Å². The molecule has 7 heteroatoms. The van der Waals surface area contributed by atoms with E-state index in [0.717, 1.165) is 19.3 Å². The van der Waals surface area contributed by atoms with Crippen molar-refractivity contribution >= 4 is 23.7 Å². The molecule has 1 aromatic rings. The number of hydrogen-bond acceptors (Lipinski definition) is 5. The molecule has 0 aliphatic heterocycles. The molecule has 1 aliphatic rings. The van der Waals surface area contributed by atoms with Crippen molar-refractivity contribution in [1.82, 2.24) is 10.6 Å². The molecule has 3 amide bonds. The number of Topliss-reactive ketones (excluding diaryl/α,β-unsaturated/α-hetero) is 1. The Hall–Kier alpha value is -2.70. The van der Waals surface area contributed by atoms with Gasteiger partial charge in [0.1, 0.15) is 0 Å². The molecule has 1 aliphatic carbocycles. The van der Waals surface area contributed by atoms with Crippen LogP contribution in [0.25, 0.3) is 0 Å².